The van der Waals surface area contributed by atoms with E-state index in [0.717, 1.165) is 39.6 Å². The molecule has 0 spiro atoms. The molecule has 0 aliphatic rings. The lowest BCUT2D eigenvalue weighted by atomic mass is 10.0. The van der Waals surface area contributed by atoms with Gasteiger partial charge in [-0.05, 0) is 38.5 Å². The Labute approximate surface area is 167 Å². The van der Waals surface area contributed by atoms with Crippen molar-refractivity contribution in [1.82, 2.24) is 25.3 Å². The number of imide groups is 1. The van der Waals surface area contributed by atoms with Crippen LogP contribution in [0.3, 0.4) is 0 Å². The predicted molar refractivity (Wildman–Crippen MR) is 112 cm³/mol. The van der Waals surface area contributed by atoms with Crippen molar-refractivity contribution in [1.29, 1.82) is 0 Å². The fourth-order valence-corrected chi connectivity index (χ4v) is 3.08. The van der Waals surface area contributed by atoms with Crippen LogP contribution in [-0.2, 0) is 4.79 Å². The topological polar surface area (TPSA) is 130 Å². The molecule has 0 saturated carbocycles. The largest absolute Gasteiger partial charge is 0.351 e. The van der Waals surface area contributed by atoms with Crippen LogP contribution in [0, 0.1) is 20.8 Å². The molecular weight excluding hydrogens is 368 g/mol. The van der Waals surface area contributed by atoms with Crippen molar-refractivity contribution in [3.63, 3.8) is 0 Å². The van der Waals surface area contributed by atoms with Crippen LogP contribution in [0.15, 0.2) is 42.5 Å². The summed E-state index contributed by atoms with van der Waals surface area (Å²) in [5, 5.41) is 1.67. The predicted octanol–water partition coefficient (Wildman–Crippen LogP) is 3.36. The molecule has 0 aliphatic carbocycles. The molecule has 4 rings (SSSR count). The normalized spacial score (nSPS) is 10.3. The Morgan fingerprint density at radius 2 is 1.83 bits per heavy atom. The Morgan fingerprint density at radius 3 is 2.45 bits per heavy atom. The van der Waals surface area contributed by atoms with Crippen molar-refractivity contribution in [2.75, 3.05) is 0 Å². The summed E-state index contributed by atoms with van der Waals surface area (Å²) in [7, 11) is 0. The number of primary amides is 1. The van der Waals surface area contributed by atoms with Gasteiger partial charge in [-0.15, -0.1) is 0 Å². The lowest BCUT2D eigenvalue weighted by Crippen LogP contribution is -2.27. The minimum absolute atomic E-state index is 0.225. The van der Waals surface area contributed by atoms with Crippen LogP contribution >= 0.6 is 0 Å². The summed E-state index contributed by atoms with van der Waals surface area (Å²) in [5.74, 6) is 1.68. The number of nitrogens with zero attached hydrogens (tertiary/aromatic N) is 2. The van der Waals surface area contributed by atoms with Crippen molar-refractivity contribution in [3.8, 4) is 22.8 Å². The number of urea groups is 1. The number of nitrogens with one attached hydrogen (secondary N) is 3. The highest BCUT2D eigenvalue weighted by Gasteiger charge is 2.17. The second kappa shape index (κ2) is 8.39. The standard InChI is InChI=1S/C19H18N4.C2H4N2O2/c1-11-8-9-14(12(2)10-11)17-18(21-13(3)20-17)19-22-15-6-4-5-7-16(15)23-19;3-2(6)4-1-5/h4-10H,1-3H3,(H,20,21)(H,22,23);1H,(H3,3,4,5,6). The van der Waals surface area contributed by atoms with Crippen LogP contribution in [0.2, 0.25) is 0 Å². The van der Waals surface area contributed by atoms with Gasteiger partial charge in [-0.1, -0.05) is 35.9 Å². The van der Waals surface area contributed by atoms with Crippen molar-refractivity contribution < 1.29 is 9.59 Å². The summed E-state index contributed by atoms with van der Waals surface area (Å²) in [5.41, 5.74) is 11.9. The Hall–Kier alpha value is -3.94. The highest BCUT2D eigenvalue weighted by atomic mass is 16.2. The molecule has 0 fully saturated rings. The van der Waals surface area contributed by atoms with Gasteiger partial charge in [0.25, 0.3) is 0 Å². The number of aromatic nitrogens is 4. The van der Waals surface area contributed by atoms with Crippen LogP contribution in [0.1, 0.15) is 17.0 Å². The van der Waals surface area contributed by atoms with Crippen molar-refractivity contribution >= 4 is 23.5 Å². The molecule has 0 unspecified atom stereocenters. The number of para-hydroxylation sites is 2. The van der Waals surface area contributed by atoms with Crippen LogP contribution in [0.5, 0.6) is 0 Å². The fourth-order valence-electron chi connectivity index (χ4n) is 3.08. The Balaban J connectivity index is 0.000000353. The average Bonchev–Trinajstić information content (AvgIpc) is 3.25. The first-order chi connectivity index (χ1) is 13.9. The number of aryl methyl sites for hydroxylation is 3. The van der Waals surface area contributed by atoms with Gasteiger partial charge in [0.1, 0.15) is 11.5 Å². The molecule has 3 amide bonds. The molecule has 0 atom stereocenters. The van der Waals surface area contributed by atoms with Crippen LogP contribution in [-0.4, -0.2) is 32.4 Å². The van der Waals surface area contributed by atoms with Gasteiger partial charge in [0.2, 0.25) is 6.41 Å². The summed E-state index contributed by atoms with van der Waals surface area (Å²) in [6.07, 6.45) is 0.225. The minimum atomic E-state index is -0.829. The quantitative estimate of drug-likeness (QED) is 0.400. The highest BCUT2D eigenvalue weighted by Crippen LogP contribution is 2.32. The zero-order chi connectivity index (χ0) is 21.0. The van der Waals surface area contributed by atoms with E-state index in [1.807, 2.05) is 31.2 Å². The molecule has 5 N–H and O–H groups in total. The van der Waals surface area contributed by atoms with Gasteiger partial charge in [-0.25, -0.2) is 14.8 Å². The number of aromatic amines is 2. The molecule has 29 heavy (non-hydrogen) atoms. The number of hydrogen-bond acceptors (Lipinski definition) is 4. The summed E-state index contributed by atoms with van der Waals surface area (Å²) in [6, 6.07) is 13.7. The fraction of sp³-hybridized carbons (Fsp3) is 0.143. The van der Waals surface area contributed by atoms with Crippen LogP contribution in [0.4, 0.5) is 4.79 Å². The molecule has 0 saturated heterocycles. The van der Waals surface area contributed by atoms with Crippen molar-refractivity contribution in [2.24, 2.45) is 5.73 Å². The third kappa shape index (κ3) is 4.49. The molecular formula is C21H22N6O2. The second-order valence-electron chi connectivity index (χ2n) is 6.59. The van der Waals surface area contributed by atoms with Gasteiger partial charge in [0.15, 0.2) is 5.82 Å². The molecule has 0 aliphatic heterocycles. The third-order valence-corrected chi connectivity index (χ3v) is 4.29. The third-order valence-electron chi connectivity index (χ3n) is 4.29. The molecule has 148 valence electrons. The maximum atomic E-state index is 9.48. The molecule has 2 aromatic carbocycles. The zero-order valence-corrected chi connectivity index (χ0v) is 16.4. The number of rotatable bonds is 3. The number of fused-ring (bicyclic) bond motifs is 1. The van der Waals surface area contributed by atoms with Crippen LogP contribution < -0.4 is 11.1 Å². The van der Waals surface area contributed by atoms with E-state index in [-0.39, 0.29) is 6.41 Å². The summed E-state index contributed by atoms with van der Waals surface area (Å²) in [4.78, 5) is 34.8. The lowest BCUT2D eigenvalue weighted by Gasteiger charge is -2.06. The smallest absolute Gasteiger partial charge is 0.318 e. The van der Waals surface area contributed by atoms with Gasteiger partial charge in [0, 0.05) is 5.56 Å². The maximum Gasteiger partial charge on any atom is 0.318 e. The van der Waals surface area contributed by atoms with E-state index in [9.17, 15) is 9.59 Å². The number of carbonyl (C=O) groups excluding carboxylic acids is 2. The number of H-pyrrole nitrogens is 2. The molecule has 8 nitrogen and oxygen atoms in total. The maximum absolute atomic E-state index is 9.48. The zero-order valence-electron chi connectivity index (χ0n) is 16.4. The number of hydrogen-bond donors (Lipinski definition) is 4. The van der Waals surface area contributed by atoms with E-state index in [1.165, 1.54) is 11.1 Å². The Kier molecular flexibility index (Phi) is 5.73. The number of imidazole rings is 2. The SMILES string of the molecule is Cc1ccc(-c2[nH]c(C)nc2-c2nc3ccccc3[nH]2)c(C)c1.NC(=O)NC=O. The Morgan fingerprint density at radius 1 is 1.07 bits per heavy atom. The van der Waals surface area contributed by atoms with Crippen LogP contribution in [0.25, 0.3) is 33.8 Å². The lowest BCUT2D eigenvalue weighted by molar-refractivity contribution is -0.108. The first kappa shape index (κ1) is 19.8. The molecule has 2 aromatic heterocycles. The first-order valence-electron chi connectivity index (χ1n) is 8.98. The Bertz CT molecular complexity index is 1140. The monoisotopic (exact) mass is 390 g/mol. The average molecular weight is 390 g/mol. The van der Waals surface area contributed by atoms with Gasteiger partial charge in [0.05, 0.1) is 16.7 Å². The van der Waals surface area contributed by atoms with E-state index in [2.05, 4.69) is 52.7 Å². The summed E-state index contributed by atoms with van der Waals surface area (Å²) >= 11 is 0. The van der Waals surface area contributed by atoms with Gasteiger partial charge >= 0.3 is 6.03 Å². The van der Waals surface area contributed by atoms with Gasteiger partial charge < -0.3 is 15.7 Å². The van der Waals surface area contributed by atoms with E-state index < -0.39 is 6.03 Å². The van der Waals surface area contributed by atoms with Gasteiger partial charge in [-0.2, -0.15) is 0 Å². The van der Waals surface area contributed by atoms with Gasteiger partial charge in [-0.3, -0.25) is 10.1 Å². The molecule has 0 bridgehead atoms. The second-order valence-corrected chi connectivity index (χ2v) is 6.59. The molecule has 4 aromatic rings. The van der Waals surface area contributed by atoms with E-state index >= 15 is 0 Å². The number of amides is 3. The van der Waals surface area contributed by atoms with Crippen molar-refractivity contribution in [2.45, 2.75) is 20.8 Å². The minimum Gasteiger partial charge on any atom is -0.351 e. The molecule has 2 heterocycles. The van der Waals surface area contributed by atoms with Crippen molar-refractivity contribution in [3.05, 3.63) is 59.4 Å². The first-order valence-corrected chi connectivity index (χ1v) is 8.98. The highest BCUT2D eigenvalue weighted by molar-refractivity contribution is 5.84. The number of benzene rings is 2. The van der Waals surface area contributed by atoms with E-state index in [1.54, 1.807) is 5.32 Å². The van der Waals surface area contributed by atoms with E-state index in [0.29, 0.717) is 0 Å². The number of nitrogens with two attached hydrogens (primary N) is 1. The number of carbonyl (C=O) groups is 2. The summed E-state index contributed by atoms with van der Waals surface area (Å²) < 4.78 is 0. The molecule has 0 radical (unpaired) electrons. The van der Waals surface area contributed by atoms with E-state index in [4.69, 9.17) is 4.98 Å². The molecule has 8 heteroatoms. The summed E-state index contributed by atoms with van der Waals surface area (Å²) in [6.45, 7) is 6.20.